The van der Waals surface area contributed by atoms with Crippen LogP contribution in [0.25, 0.3) is 0 Å². The van der Waals surface area contributed by atoms with Crippen LogP contribution in [0.1, 0.15) is 51.4 Å². The van der Waals surface area contributed by atoms with Crippen molar-refractivity contribution in [2.24, 2.45) is 5.41 Å². The lowest BCUT2D eigenvalue weighted by Crippen LogP contribution is -2.50. The summed E-state index contributed by atoms with van der Waals surface area (Å²) in [5, 5.41) is 4.93. The SMILES string of the molecule is CSC1CCCC1NC1CCCC12CCOCC2. The Labute approximate surface area is 116 Å². The van der Waals surface area contributed by atoms with Crippen LogP contribution in [0.2, 0.25) is 0 Å². The number of hydrogen-bond donors (Lipinski definition) is 1. The second-order valence-corrected chi connectivity index (χ2v) is 7.47. The molecular formula is C15H27NOS. The first-order valence-electron chi connectivity index (χ1n) is 7.71. The van der Waals surface area contributed by atoms with Crippen molar-refractivity contribution in [1.29, 1.82) is 0 Å². The molecule has 2 saturated carbocycles. The molecule has 2 aliphatic carbocycles. The van der Waals surface area contributed by atoms with Gasteiger partial charge in [-0.1, -0.05) is 12.8 Å². The molecule has 18 heavy (non-hydrogen) atoms. The van der Waals surface area contributed by atoms with E-state index in [4.69, 9.17) is 4.74 Å². The smallest absolute Gasteiger partial charge is 0.0471 e. The largest absolute Gasteiger partial charge is 0.381 e. The van der Waals surface area contributed by atoms with E-state index in [-0.39, 0.29) is 0 Å². The number of rotatable bonds is 3. The van der Waals surface area contributed by atoms with Gasteiger partial charge in [-0.3, -0.25) is 0 Å². The van der Waals surface area contributed by atoms with Gasteiger partial charge in [-0.2, -0.15) is 11.8 Å². The molecule has 1 N–H and O–H groups in total. The average molecular weight is 269 g/mol. The molecule has 3 rings (SSSR count). The van der Waals surface area contributed by atoms with Gasteiger partial charge in [-0.25, -0.2) is 0 Å². The maximum atomic E-state index is 5.58. The summed E-state index contributed by atoms with van der Waals surface area (Å²) in [6, 6.07) is 1.56. The van der Waals surface area contributed by atoms with Crippen LogP contribution < -0.4 is 5.32 Å². The van der Waals surface area contributed by atoms with Crippen molar-refractivity contribution in [1.82, 2.24) is 5.32 Å². The molecule has 1 saturated heterocycles. The fourth-order valence-corrected chi connectivity index (χ4v) is 5.38. The third kappa shape index (κ3) is 2.46. The fourth-order valence-electron chi connectivity index (χ4n) is 4.43. The second kappa shape index (κ2) is 5.72. The Morgan fingerprint density at radius 3 is 2.67 bits per heavy atom. The lowest BCUT2D eigenvalue weighted by molar-refractivity contribution is 0.00271. The van der Waals surface area contributed by atoms with Gasteiger partial charge in [-0.05, 0) is 50.2 Å². The standard InChI is InChI=1S/C15H27NOS/c1-18-13-5-2-4-12(13)16-14-6-3-7-15(14)8-10-17-11-9-15/h12-14,16H,2-11H2,1H3. The van der Waals surface area contributed by atoms with E-state index in [1.54, 1.807) is 0 Å². The molecule has 0 aromatic carbocycles. The zero-order chi connectivity index (χ0) is 12.4. The Morgan fingerprint density at radius 1 is 1.06 bits per heavy atom. The lowest BCUT2D eigenvalue weighted by atomic mass is 9.75. The summed E-state index contributed by atoms with van der Waals surface area (Å²) in [5.74, 6) is 0. The normalized spacial score (nSPS) is 39.5. The summed E-state index contributed by atoms with van der Waals surface area (Å²) in [7, 11) is 0. The third-order valence-electron chi connectivity index (χ3n) is 5.57. The number of hydrogen-bond acceptors (Lipinski definition) is 3. The van der Waals surface area contributed by atoms with Crippen molar-refractivity contribution in [2.45, 2.75) is 68.7 Å². The molecule has 0 aromatic rings. The van der Waals surface area contributed by atoms with E-state index >= 15 is 0 Å². The minimum Gasteiger partial charge on any atom is -0.381 e. The van der Waals surface area contributed by atoms with Gasteiger partial charge >= 0.3 is 0 Å². The van der Waals surface area contributed by atoms with Crippen molar-refractivity contribution in [3.63, 3.8) is 0 Å². The molecule has 0 radical (unpaired) electrons. The van der Waals surface area contributed by atoms with E-state index in [0.717, 1.165) is 30.5 Å². The molecule has 0 amide bonds. The Bertz CT molecular complexity index is 278. The predicted octanol–water partition coefficient (Wildman–Crippen LogP) is 3.21. The quantitative estimate of drug-likeness (QED) is 0.850. The number of ether oxygens (including phenoxy) is 1. The average Bonchev–Trinajstić information content (AvgIpc) is 3.00. The Balaban J connectivity index is 1.64. The summed E-state index contributed by atoms with van der Waals surface area (Å²) in [6.07, 6.45) is 13.4. The van der Waals surface area contributed by atoms with Crippen LogP contribution in [0.5, 0.6) is 0 Å². The van der Waals surface area contributed by atoms with Crippen LogP contribution >= 0.6 is 11.8 Å². The molecule has 1 aliphatic heterocycles. The molecule has 2 nitrogen and oxygen atoms in total. The van der Waals surface area contributed by atoms with Crippen LogP contribution in [0.3, 0.4) is 0 Å². The highest BCUT2D eigenvalue weighted by molar-refractivity contribution is 7.99. The van der Waals surface area contributed by atoms with Crippen LogP contribution in [-0.2, 0) is 4.74 Å². The van der Waals surface area contributed by atoms with Crippen LogP contribution in [0.4, 0.5) is 0 Å². The van der Waals surface area contributed by atoms with Gasteiger partial charge in [0.25, 0.3) is 0 Å². The molecule has 3 aliphatic rings. The summed E-state index contributed by atoms with van der Waals surface area (Å²) in [6.45, 7) is 1.99. The van der Waals surface area contributed by atoms with Gasteiger partial charge < -0.3 is 10.1 Å². The molecule has 3 unspecified atom stereocenters. The Hall–Kier alpha value is 0.270. The molecule has 1 heterocycles. The van der Waals surface area contributed by atoms with Crippen molar-refractivity contribution in [2.75, 3.05) is 19.5 Å². The molecule has 3 fully saturated rings. The zero-order valence-corrected chi connectivity index (χ0v) is 12.4. The van der Waals surface area contributed by atoms with E-state index in [1.807, 2.05) is 0 Å². The summed E-state index contributed by atoms with van der Waals surface area (Å²) < 4.78 is 5.58. The monoisotopic (exact) mass is 269 g/mol. The molecule has 0 bridgehead atoms. The minimum absolute atomic E-state index is 0.587. The minimum atomic E-state index is 0.587. The fraction of sp³-hybridized carbons (Fsp3) is 1.00. The molecule has 104 valence electrons. The van der Waals surface area contributed by atoms with Gasteiger partial charge in [-0.15, -0.1) is 0 Å². The maximum absolute atomic E-state index is 5.58. The first kappa shape index (κ1) is 13.3. The van der Waals surface area contributed by atoms with Gasteiger partial charge in [0.2, 0.25) is 0 Å². The molecule has 1 spiro atoms. The summed E-state index contributed by atoms with van der Waals surface area (Å²) in [5.41, 5.74) is 0.587. The highest BCUT2D eigenvalue weighted by Gasteiger charge is 2.45. The van der Waals surface area contributed by atoms with Gasteiger partial charge in [0.1, 0.15) is 0 Å². The first-order chi connectivity index (χ1) is 8.84. The highest BCUT2D eigenvalue weighted by Crippen LogP contribution is 2.46. The zero-order valence-electron chi connectivity index (χ0n) is 11.6. The molecule has 0 aromatic heterocycles. The Kier molecular flexibility index (Phi) is 4.21. The van der Waals surface area contributed by atoms with Crippen molar-refractivity contribution in [3.05, 3.63) is 0 Å². The van der Waals surface area contributed by atoms with Gasteiger partial charge in [0.05, 0.1) is 0 Å². The number of nitrogens with one attached hydrogen (secondary N) is 1. The van der Waals surface area contributed by atoms with Crippen LogP contribution in [0, 0.1) is 5.41 Å². The van der Waals surface area contributed by atoms with E-state index in [9.17, 15) is 0 Å². The molecule has 3 atom stereocenters. The van der Waals surface area contributed by atoms with Gasteiger partial charge in [0.15, 0.2) is 0 Å². The van der Waals surface area contributed by atoms with Crippen LogP contribution in [-0.4, -0.2) is 36.8 Å². The van der Waals surface area contributed by atoms with Crippen molar-refractivity contribution < 1.29 is 4.74 Å². The second-order valence-electron chi connectivity index (χ2n) is 6.40. The maximum Gasteiger partial charge on any atom is 0.0471 e. The Morgan fingerprint density at radius 2 is 1.89 bits per heavy atom. The lowest BCUT2D eigenvalue weighted by Gasteiger charge is -2.41. The topological polar surface area (TPSA) is 21.3 Å². The predicted molar refractivity (Wildman–Crippen MR) is 78.2 cm³/mol. The summed E-state index contributed by atoms with van der Waals surface area (Å²) in [4.78, 5) is 0. The first-order valence-corrected chi connectivity index (χ1v) is 8.99. The molecule has 3 heteroatoms. The van der Waals surface area contributed by atoms with Crippen LogP contribution in [0.15, 0.2) is 0 Å². The van der Waals surface area contributed by atoms with Crippen molar-refractivity contribution in [3.8, 4) is 0 Å². The van der Waals surface area contributed by atoms with E-state index < -0.39 is 0 Å². The van der Waals surface area contributed by atoms with Gasteiger partial charge in [0, 0.05) is 30.5 Å². The van der Waals surface area contributed by atoms with E-state index in [0.29, 0.717) is 5.41 Å². The van der Waals surface area contributed by atoms with Crippen molar-refractivity contribution >= 4 is 11.8 Å². The van der Waals surface area contributed by atoms with E-state index in [2.05, 4.69) is 23.3 Å². The number of thioether (sulfide) groups is 1. The third-order valence-corrected chi connectivity index (χ3v) is 6.74. The summed E-state index contributed by atoms with van der Waals surface area (Å²) >= 11 is 2.07. The van der Waals surface area contributed by atoms with E-state index in [1.165, 1.54) is 51.4 Å². The molecular weight excluding hydrogens is 242 g/mol. The highest BCUT2D eigenvalue weighted by atomic mass is 32.2.